The van der Waals surface area contributed by atoms with Gasteiger partial charge in [-0.1, -0.05) is 30.3 Å². The van der Waals surface area contributed by atoms with Crippen molar-refractivity contribution in [3.63, 3.8) is 0 Å². The third kappa shape index (κ3) is 5.19. The van der Waals surface area contributed by atoms with E-state index in [4.69, 9.17) is 0 Å². The molecule has 1 saturated heterocycles. The maximum atomic E-state index is 3.42. The summed E-state index contributed by atoms with van der Waals surface area (Å²) in [6.07, 6.45) is 1.31. The van der Waals surface area contributed by atoms with E-state index in [1.807, 2.05) is 11.8 Å². The van der Waals surface area contributed by atoms with Crippen molar-refractivity contribution in [2.75, 3.05) is 32.4 Å². The van der Waals surface area contributed by atoms with Crippen LogP contribution in [0.3, 0.4) is 0 Å². The summed E-state index contributed by atoms with van der Waals surface area (Å²) < 4.78 is 0. The second-order valence-electron chi connectivity index (χ2n) is 4.67. The molecule has 0 spiro atoms. The van der Waals surface area contributed by atoms with Crippen LogP contribution >= 0.6 is 24.2 Å². The molecule has 1 atom stereocenters. The van der Waals surface area contributed by atoms with Crippen molar-refractivity contribution in [1.29, 1.82) is 0 Å². The summed E-state index contributed by atoms with van der Waals surface area (Å²) in [6.45, 7) is 3.55. The molecule has 1 fully saturated rings. The number of halogens is 1. The van der Waals surface area contributed by atoms with Gasteiger partial charge in [-0.3, -0.25) is 0 Å². The molecule has 1 aliphatic heterocycles. The Morgan fingerprint density at radius 2 is 2.11 bits per heavy atom. The predicted molar refractivity (Wildman–Crippen MR) is 83.8 cm³/mol. The van der Waals surface area contributed by atoms with E-state index in [-0.39, 0.29) is 12.4 Å². The lowest BCUT2D eigenvalue weighted by atomic mass is 10.2. The molecule has 1 heterocycles. The molecule has 2 rings (SSSR count). The van der Waals surface area contributed by atoms with Crippen LogP contribution in [0.15, 0.2) is 30.3 Å². The fourth-order valence-corrected chi connectivity index (χ4v) is 3.16. The SMILES string of the molecule is CN(CCSCc1ccccc1)C1CCNC1.Cl. The van der Waals surface area contributed by atoms with Crippen molar-refractivity contribution in [2.45, 2.75) is 18.2 Å². The minimum Gasteiger partial charge on any atom is -0.315 e. The Labute approximate surface area is 121 Å². The van der Waals surface area contributed by atoms with Gasteiger partial charge in [-0.15, -0.1) is 12.4 Å². The second-order valence-corrected chi connectivity index (χ2v) is 5.77. The minimum atomic E-state index is 0. The number of hydrogen-bond donors (Lipinski definition) is 1. The summed E-state index contributed by atoms with van der Waals surface area (Å²) in [7, 11) is 2.25. The summed E-state index contributed by atoms with van der Waals surface area (Å²) >= 11 is 2.03. The van der Waals surface area contributed by atoms with Crippen LogP contribution in [0.4, 0.5) is 0 Å². The lowest BCUT2D eigenvalue weighted by Crippen LogP contribution is -2.34. The Kier molecular flexibility index (Phi) is 7.75. The first-order chi connectivity index (χ1) is 8.36. The van der Waals surface area contributed by atoms with Crippen molar-refractivity contribution >= 4 is 24.2 Å². The number of benzene rings is 1. The Morgan fingerprint density at radius 1 is 1.33 bits per heavy atom. The molecule has 0 amide bonds. The average molecular weight is 287 g/mol. The van der Waals surface area contributed by atoms with Gasteiger partial charge in [-0.2, -0.15) is 11.8 Å². The molecule has 1 aromatic rings. The molecular weight excluding hydrogens is 264 g/mol. The van der Waals surface area contributed by atoms with Gasteiger partial charge in [0.25, 0.3) is 0 Å². The van der Waals surface area contributed by atoms with Gasteiger partial charge in [-0.05, 0) is 25.6 Å². The van der Waals surface area contributed by atoms with E-state index in [0.29, 0.717) is 0 Å². The quantitative estimate of drug-likeness (QED) is 0.810. The normalized spacial score (nSPS) is 18.9. The molecule has 0 bridgehead atoms. The van der Waals surface area contributed by atoms with Crippen LogP contribution in [0.1, 0.15) is 12.0 Å². The van der Waals surface area contributed by atoms with Gasteiger partial charge in [-0.25, -0.2) is 0 Å². The van der Waals surface area contributed by atoms with Gasteiger partial charge in [0.15, 0.2) is 0 Å². The highest BCUT2D eigenvalue weighted by molar-refractivity contribution is 7.98. The molecule has 4 heteroatoms. The van der Waals surface area contributed by atoms with Crippen LogP contribution in [-0.2, 0) is 5.75 Å². The Bertz CT molecular complexity index is 315. The molecule has 2 nitrogen and oxygen atoms in total. The summed E-state index contributed by atoms with van der Waals surface area (Å²) in [4.78, 5) is 2.50. The standard InChI is InChI=1S/C14H22N2S.ClH/c1-16(14-7-8-15-11-14)9-10-17-12-13-5-3-2-4-6-13;/h2-6,14-15H,7-12H2,1H3;1H. The van der Waals surface area contributed by atoms with Gasteiger partial charge < -0.3 is 10.2 Å². The third-order valence-corrected chi connectivity index (χ3v) is 4.37. The zero-order valence-electron chi connectivity index (χ0n) is 11.0. The lowest BCUT2D eigenvalue weighted by molar-refractivity contribution is 0.273. The molecule has 1 N–H and O–H groups in total. The highest BCUT2D eigenvalue weighted by atomic mass is 35.5. The minimum absolute atomic E-state index is 0. The maximum absolute atomic E-state index is 3.42. The maximum Gasteiger partial charge on any atom is 0.0230 e. The van der Waals surface area contributed by atoms with E-state index in [1.54, 1.807) is 0 Å². The summed E-state index contributed by atoms with van der Waals surface area (Å²) in [6, 6.07) is 11.5. The highest BCUT2D eigenvalue weighted by Gasteiger charge is 2.18. The van der Waals surface area contributed by atoms with Gasteiger partial charge in [0, 0.05) is 30.6 Å². The summed E-state index contributed by atoms with van der Waals surface area (Å²) in [5, 5.41) is 3.42. The molecule has 0 saturated carbocycles. The van der Waals surface area contributed by atoms with Crippen LogP contribution in [0.25, 0.3) is 0 Å². The number of rotatable bonds is 6. The molecule has 1 aliphatic rings. The largest absolute Gasteiger partial charge is 0.315 e. The van der Waals surface area contributed by atoms with E-state index in [9.17, 15) is 0 Å². The second kappa shape index (κ2) is 8.81. The average Bonchev–Trinajstić information content (AvgIpc) is 2.89. The topological polar surface area (TPSA) is 15.3 Å². The van der Waals surface area contributed by atoms with Crippen molar-refractivity contribution in [3.8, 4) is 0 Å². The Hall–Kier alpha value is -0.220. The first-order valence-corrected chi connectivity index (χ1v) is 7.54. The number of hydrogen-bond acceptors (Lipinski definition) is 3. The van der Waals surface area contributed by atoms with Crippen molar-refractivity contribution in [3.05, 3.63) is 35.9 Å². The van der Waals surface area contributed by atoms with E-state index >= 15 is 0 Å². The molecule has 1 unspecified atom stereocenters. The monoisotopic (exact) mass is 286 g/mol. The van der Waals surface area contributed by atoms with E-state index in [1.165, 1.54) is 37.4 Å². The van der Waals surface area contributed by atoms with Crippen molar-refractivity contribution in [1.82, 2.24) is 10.2 Å². The Morgan fingerprint density at radius 3 is 2.78 bits per heavy atom. The molecule has 18 heavy (non-hydrogen) atoms. The van der Waals surface area contributed by atoms with Gasteiger partial charge in [0.1, 0.15) is 0 Å². The highest BCUT2D eigenvalue weighted by Crippen LogP contribution is 2.13. The first-order valence-electron chi connectivity index (χ1n) is 6.39. The molecule has 102 valence electrons. The molecule has 0 aromatic heterocycles. The van der Waals surface area contributed by atoms with E-state index < -0.39 is 0 Å². The van der Waals surface area contributed by atoms with Crippen molar-refractivity contribution in [2.24, 2.45) is 0 Å². The zero-order chi connectivity index (χ0) is 11.9. The summed E-state index contributed by atoms with van der Waals surface area (Å²) in [5.74, 6) is 2.36. The molecule has 0 aliphatic carbocycles. The number of thioether (sulfide) groups is 1. The molecule has 1 aromatic carbocycles. The smallest absolute Gasteiger partial charge is 0.0230 e. The van der Waals surface area contributed by atoms with E-state index in [2.05, 4.69) is 47.6 Å². The Balaban J connectivity index is 0.00000162. The molecular formula is C14H23ClN2S. The summed E-state index contributed by atoms with van der Waals surface area (Å²) in [5.41, 5.74) is 1.43. The number of nitrogens with zero attached hydrogens (tertiary/aromatic N) is 1. The van der Waals surface area contributed by atoms with E-state index in [0.717, 1.165) is 11.8 Å². The van der Waals surface area contributed by atoms with Crippen LogP contribution < -0.4 is 5.32 Å². The lowest BCUT2D eigenvalue weighted by Gasteiger charge is -2.22. The van der Waals surface area contributed by atoms with Gasteiger partial charge >= 0.3 is 0 Å². The van der Waals surface area contributed by atoms with Gasteiger partial charge in [0.05, 0.1) is 0 Å². The molecule has 0 radical (unpaired) electrons. The predicted octanol–water partition coefficient (Wildman–Crippen LogP) is 2.64. The van der Waals surface area contributed by atoms with Gasteiger partial charge in [0.2, 0.25) is 0 Å². The fourth-order valence-electron chi connectivity index (χ4n) is 2.17. The third-order valence-electron chi connectivity index (χ3n) is 3.36. The number of likely N-dealkylation sites (N-methyl/N-ethyl adjacent to an activating group) is 1. The zero-order valence-corrected chi connectivity index (χ0v) is 12.6. The number of nitrogens with one attached hydrogen (secondary N) is 1. The van der Waals surface area contributed by atoms with Crippen LogP contribution in [0.2, 0.25) is 0 Å². The first kappa shape index (κ1) is 15.8. The fraction of sp³-hybridized carbons (Fsp3) is 0.571. The van der Waals surface area contributed by atoms with Crippen LogP contribution in [-0.4, -0.2) is 43.4 Å². The van der Waals surface area contributed by atoms with Crippen LogP contribution in [0.5, 0.6) is 0 Å². The van der Waals surface area contributed by atoms with Crippen LogP contribution in [0, 0.1) is 0 Å². The van der Waals surface area contributed by atoms with Crippen molar-refractivity contribution < 1.29 is 0 Å².